The SMILES string of the molecule is CC(C)(C)C(=O)c1ccc2c(c1)N=CC2. The molecular weight excluding hydrogens is 186 g/mol. The standard InChI is InChI=1S/C13H15NO/c1-13(2,3)12(15)10-5-4-9-6-7-14-11(9)8-10/h4-5,7-8H,6H2,1-3H3. The molecule has 2 rings (SSSR count). The molecule has 0 aromatic heterocycles. The molecule has 1 aliphatic rings. The summed E-state index contributed by atoms with van der Waals surface area (Å²) in [7, 11) is 0. The Hall–Kier alpha value is -1.44. The fourth-order valence-electron chi connectivity index (χ4n) is 1.67. The quantitative estimate of drug-likeness (QED) is 0.642. The summed E-state index contributed by atoms with van der Waals surface area (Å²) in [4.78, 5) is 16.3. The van der Waals surface area contributed by atoms with Crippen molar-refractivity contribution in [2.24, 2.45) is 10.4 Å². The van der Waals surface area contributed by atoms with Crippen molar-refractivity contribution in [3.63, 3.8) is 0 Å². The third-order valence-electron chi connectivity index (χ3n) is 2.57. The molecule has 1 aromatic carbocycles. The van der Waals surface area contributed by atoms with Crippen LogP contribution >= 0.6 is 0 Å². The van der Waals surface area contributed by atoms with E-state index in [1.807, 2.05) is 45.2 Å². The van der Waals surface area contributed by atoms with Gasteiger partial charge in [-0.25, -0.2) is 0 Å². The first-order chi connectivity index (χ1) is 6.98. The number of carbonyl (C=O) groups is 1. The van der Waals surface area contributed by atoms with Gasteiger partial charge in [-0.05, 0) is 11.6 Å². The van der Waals surface area contributed by atoms with Gasteiger partial charge in [0.1, 0.15) is 0 Å². The number of hydrogen-bond donors (Lipinski definition) is 0. The molecule has 1 aliphatic heterocycles. The van der Waals surface area contributed by atoms with Crippen molar-refractivity contribution in [3.05, 3.63) is 29.3 Å². The average Bonchev–Trinajstić information content (AvgIpc) is 2.61. The summed E-state index contributed by atoms with van der Waals surface area (Å²) in [5, 5.41) is 0. The summed E-state index contributed by atoms with van der Waals surface area (Å²) in [6.07, 6.45) is 2.77. The minimum Gasteiger partial charge on any atom is -0.294 e. The third-order valence-corrected chi connectivity index (χ3v) is 2.57. The highest BCUT2D eigenvalue weighted by atomic mass is 16.1. The van der Waals surface area contributed by atoms with Crippen LogP contribution in [0.3, 0.4) is 0 Å². The van der Waals surface area contributed by atoms with Crippen LogP contribution in [0.15, 0.2) is 23.2 Å². The van der Waals surface area contributed by atoms with E-state index in [4.69, 9.17) is 0 Å². The number of rotatable bonds is 1. The van der Waals surface area contributed by atoms with E-state index >= 15 is 0 Å². The van der Waals surface area contributed by atoms with Gasteiger partial charge in [-0.2, -0.15) is 0 Å². The minimum atomic E-state index is -0.323. The second kappa shape index (κ2) is 3.30. The minimum absolute atomic E-state index is 0.174. The van der Waals surface area contributed by atoms with Crippen LogP contribution in [-0.4, -0.2) is 12.0 Å². The highest BCUT2D eigenvalue weighted by Gasteiger charge is 2.23. The Kier molecular flexibility index (Phi) is 2.22. The first-order valence-electron chi connectivity index (χ1n) is 5.19. The first-order valence-corrected chi connectivity index (χ1v) is 5.19. The average molecular weight is 201 g/mol. The van der Waals surface area contributed by atoms with Crippen LogP contribution in [0.4, 0.5) is 5.69 Å². The molecule has 15 heavy (non-hydrogen) atoms. The van der Waals surface area contributed by atoms with Crippen molar-refractivity contribution < 1.29 is 4.79 Å². The van der Waals surface area contributed by atoms with E-state index < -0.39 is 0 Å². The fourth-order valence-corrected chi connectivity index (χ4v) is 1.67. The molecule has 0 amide bonds. The highest BCUT2D eigenvalue weighted by Crippen LogP contribution is 2.28. The van der Waals surface area contributed by atoms with Gasteiger partial charge in [0.25, 0.3) is 0 Å². The molecule has 0 unspecified atom stereocenters. The van der Waals surface area contributed by atoms with Crippen molar-refractivity contribution in [2.45, 2.75) is 27.2 Å². The van der Waals surface area contributed by atoms with Crippen molar-refractivity contribution in [2.75, 3.05) is 0 Å². The van der Waals surface area contributed by atoms with Crippen LogP contribution in [0.2, 0.25) is 0 Å². The zero-order chi connectivity index (χ0) is 11.1. The topological polar surface area (TPSA) is 29.4 Å². The van der Waals surface area contributed by atoms with E-state index in [0.29, 0.717) is 0 Å². The van der Waals surface area contributed by atoms with Gasteiger partial charge in [0.15, 0.2) is 5.78 Å². The van der Waals surface area contributed by atoms with Gasteiger partial charge in [-0.15, -0.1) is 0 Å². The van der Waals surface area contributed by atoms with Crippen molar-refractivity contribution in [3.8, 4) is 0 Å². The fraction of sp³-hybridized carbons (Fsp3) is 0.385. The van der Waals surface area contributed by atoms with Gasteiger partial charge >= 0.3 is 0 Å². The predicted octanol–water partition coefficient (Wildman–Crippen LogP) is 3.17. The number of ketones is 1. The zero-order valence-electron chi connectivity index (χ0n) is 9.37. The molecule has 2 heteroatoms. The highest BCUT2D eigenvalue weighted by molar-refractivity contribution is 6.01. The van der Waals surface area contributed by atoms with Crippen LogP contribution in [0.25, 0.3) is 0 Å². The lowest BCUT2D eigenvalue weighted by Crippen LogP contribution is -2.20. The summed E-state index contributed by atoms with van der Waals surface area (Å²) >= 11 is 0. The number of nitrogens with zero attached hydrogens (tertiary/aromatic N) is 1. The second-order valence-electron chi connectivity index (χ2n) is 4.94. The van der Waals surface area contributed by atoms with Gasteiger partial charge in [0.05, 0.1) is 5.69 Å². The van der Waals surface area contributed by atoms with Gasteiger partial charge < -0.3 is 0 Å². The lowest BCUT2D eigenvalue weighted by molar-refractivity contribution is 0.0858. The van der Waals surface area contributed by atoms with E-state index in [2.05, 4.69) is 4.99 Å². The number of hydrogen-bond acceptors (Lipinski definition) is 2. The lowest BCUT2D eigenvalue weighted by atomic mass is 9.86. The lowest BCUT2D eigenvalue weighted by Gasteiger charge is -2.16. The largest absolute Gasteiger partial charge is 0.294 e. The molecule has 78 valence electrons. The smallest absolute Gasteiger partial charge is 0.168 e. The van der Waals surface area contributed by atoms with E-state index in [0.717, 1.165) is 17.7 Å². The Morgan fingerprint density at radius 3 is 2.73 bits per heavy atom. The van der Waals surface area contributed by atoms with Crippen LogP contribution in [0.1, 0.15) is 36.7 Å². The molecule has 0 saturated heterocycles. The summed E-state index contributed by atoms with van der Waals surface area (Å²) in [6.45, 7) is 5.81. The maximum atomic E-state index is 12.0. The Balaban J connectivity index is 2.39. The summed E-state index contributed by atoms with van der Waals surface area (Å²) < 4.78 is 0. The molecule has 0 N–H and O–H groups in total. The number of aliphatic imine (C=N–C) groups is 1. The molecular formula is C13H15NO. The molecule has 0 spiro atoms. The van der Waals surface area contributed by atoms with Crippen molar-refractivity contribution in [1.29, 1.82) is 0 Å². The molecule has 0 fully saturated rings. The second-order valence-corrected chi connectivity index (χ2v) is 4.94. The Morgan fingerprint density at radius 1 is 1.33 bits per heavy atom. The van der Waals surface area contributed by atoms with Gasteiger partial charge in [0, 0.05) is 23.6 Å². The number of carbonyl (C=O) groups excluding carboxylic acids is 1. The zero-order valence-corrected chi connectivity index (χ0v) is 9.37. The van der Waals surface area contributed by atoms with E-state index in [1.165, 1.54) is 5.56 Å². The van der Waals surface area contributed by atoms with Gasteiger partial charge in [-0.3, -0.25) is 9.79 Å². The molecule has 2 nitrogen and oxygen atoms in total. The molecule has 0 atom stereocenters. The summed E-state index contributed by atoms with van der Waals surface area (Å²) in [5.74, 6) is 0.174. The molecule has 0 radical (unpaired) electrons. The van der Waals surface area contributed by atoms with Crippen LogP contribution in [0.5, 0.6) is 0 Å². The summed E-state index contributed by atoms with van der Waals surface area (Å²) in [5.41, 5.74) is 2.60. The Labute approximate surface area is 90.0 Å². The molecule has 1 heterocycles. The van der Waals surface area contributed by atoms with E-state index in [-0.39, 0.29) is 11.2 Å². The normalized spacial score (nSPS) is 14.1. The van der Waals surface area contributed by atoms with Crippen molar-refractivity contribution >= 4 is 17.7 Å². The van der Waals surface area contributed by atoms with Gasteiger partial charge in [-0.1, -0.05) is 32.9 Å². The van der Waals surface area contributed by atoms with E-state index in [9.17, 15) is 4.79 Å². The Bertz CT molecular complexity index is 438. The summed E-state index contributed by atoms with van der Waals surface area (Å²) in [6, 6.07) is 5.80. The number of benzene rings is 1. The number of Topliss-reactive ketones (excluding diaryl/α,β-unsaturated/α-hetero) is 1. The van der Waals surface area contributed by atoms with Crippen molar-refractivity contribution in [1.82, 2.24) is 0 Å². The molecule has 1 aromatic rings. The van der Waals surface area contributed by atoms with Crippen LogP contribution in [-0.2, 0) is 6.42 Å². The molecule has 0 aliphatic carbocycles. The first kappa shape index (κ1) is 10.1. The maximum Gasteiger partial charge on any atom is 0.168 e. The molecule has 0 saturated carbocycles. The monoisotopic (exact) mass is 201 g/mol. The van der Waals surface area contributed by atoms with Crippen LogP contribution < -0.4 is 0 Å². The maximum absolute atomic E-state index is 12.0. The number of fused-ring (bicyclic) bond motifs is 1. The predicted molar refractivity (Wildman–Crippen MR) is 62.1 cm³/mol. The Morgan fingerprint density at radius 2 is 2.07 bits per heavy atom. The third kappa shape index (κ3) is 1.84. The van der Waals surface area contributed by atoms with Crippen LogP contribution in [0, 0.1) is 5.41 Å². The van der Waals surface area contributed by atoms with Gasteiger partial charge in [0.2, 0.25) is 0 Å². The van der Waals surface area contributed by atoms with E-state index in [1.54, 1.807) is 0 Å². The molecule has 0 bridgehead atoms.